The van der Waals surface area contributed by atoms with E-state index in [9.17, 15) is 0 Å². The molecule has 17 heavy (non-hydrogen) atoms. The molecule has 0 aromatic heterocycles. The van der Waals surface area contributed by atoms with E-state index in [-0.39, 0.29) is 6.10 Å². The zero-order valence-electron chi connectivity index (χ0n) is 11.2. The first-order valence-corrected chi connectivity index (χ1v) is 9.34. The molecular weight excluding hydrogens is 228 g/mol. The Hall–Kier alpha value is -1.06. The van der Waals surface area contributed by atoms with E-state index < -0.39 is 8.32 Å². The summed E-state index contributed by atoms with van der Waals surface area (Å²) in [4.78, 5) is 0. The van der Waals surface area contributed by atoms with E-state index in [1.807, 2.05) is 37.3 Å². The molecule has 1 aromatic carbocycles. The second-order valence-electron chi connectivity index (χ2n) is 5.13. The van der Waals surface area contributed by atoms with Gasteiger partial charge < -0.3 is 9.16 Å². The molecule has 1 atom stereocenters. The fraction of sp³-hybridized carbons (Fsp3) is 0.429. The minimum Gasteiger partial charge on any atom is -0.488 e. The molecule has 2 nitrogen and oxygen atoms in total. The number of benzene rings is 1. The maximum atomic E-state index is 5.81. The van der Waals surface area contributed by atoms with Crippen molar-refractivity contribution in [2.75, 3.05) is 6.61 Å². The van der Waals surface area contributed by atoms with Crippen molar-refractivity contribution in [2.45, 2.75) is 32.7 Å². The van der Waals surface area contributed by atoms with Crippen molar-refractivity contribution in [1.82, 2.24) is 0 Å². The van der Waals surface area contributed by atoms with Crippen LogP contribution in [-0.4, -0.2) is 21.0 Å². The second kappa shape index (κ2) is 6.03. The number of hydrogen-bond donors (Lipinski definition) is 0. The molecule has 0 aliphatic carbocycles. The first-order valence-electron chi connectivity index (χ1n) is 5.94. The Morgan fingerprint density at radius 2 is 2.06 bits per heavy atom. The van der Waals surface area contributed by atoms with E-state index in [1.54, 1.807) is 0 Å². The summed E-state index contributed by atoms with van der Waals surface area (Å²) in [5.74, 6) is 0.870. The third kappa shape index (κ3) is 5.70. The quantitative estimate of drug-likeness (QED) is 0.712. The Labute approximate surface area is 105 Å². The minimum atomic E-state index is -1.45. The average molecular weight is 250 g/mol. The molecule has 0 aliphatic heterocycles. The molecule has 1 aromatic rings. The molecule has 0 fully saturated rings. The molecular formula is C14H22O2Si. The van der Waals surface area contributed by atoms with E-state index >= 15 is 0 Å². The summed E-state index contributed by atoms with van der Waals surface area (Å²) in [7, 11) is -1.45. The van der Waals surface area contributed by atoms with Crippen LogP contribution >= 0.6 is 0 Å². The van der Waals surface area contributed by atoms with Crippen LogP contribution in [0, 0.1) is 0 Å². The van der Waals surface area contributed by atoms with Gasteiger partial charge in [-0.25, -0.2) is 0 Å². The van der Waals surface area contributed by atoms with E-state index in [4.69, 9.17) is 9.16 Å². The largest absolute Gasteiger partial charge is 0.488 e. The molecule has 1 unspecified atom stereocenters. The van der Waals surface area contributed by atoms with Crippen LogP contribution in [0.25, 0.3) is 6.08 Å². The van der Waals surface area contributed by atoms with E-state index in [0.717, 1.165) is 11.3 Å². The third-order valence-corrected chi connectivity index (χ3v) is 3.21. The highest BCUT2D eigenvalue weighted by molar-refractivity contribution is 6.69. The summed E-state index contributed by atoms with van der Waals surface area (Å²) in [6, 6.07) is 7.91. The highest BCUT2D eigenvalue weighted by Crippen LogP contribution is 2.16. The minimum absolute atomic E-state index is 0.0711. The fourth-order valence-corrected chi connectivity index (χ4v) is 2.08. The third-order valence-electron chi connectivity index (χ3n) is 2.18. The lowest BCUT2D eigenvalue weighted by atomic mass is 10.2. The molecule has 0 heterocycles. The molecule has 0 N–H and O–H groups in total. The van der Waals surface area contributed by atoms with Crippen LogP contribution in [0.5, 0.6) is 5.75 Å². The monoisotopic (exact) mass is 250 g/mol. The Balaban J connectivity index is 2.50. The van der Waals surface area contributed by atoms with Crippen molar-refractivity contribution >= 4 is 14.4 Å². The highest BCUT2D eigenvalue weighted by Gasteiger charge is 2.16. The van der Waals surface area contributed by atoms with Crippen LogP contribution in [0.4, 0.5) is 0 Å². The number of ether oxygens (including phenoxy) is 1. The molecule has 94 valence electrons. The molecule has 1 rings (SSSR count). The maximum Gasteiger partial charge on any atom is 0.183 e. The van der Waals surface area contributed by atoms with Crippen LogP contribution in [-0.2, 0) is 4.43 Å². The van der Waals surface area contributed by atoms with Gasteiger partial charge in [0.25, 0.3) is 0 Å². The van der Waals surface area contributed by atoms with Crippen molar-refractivity contribution in [3.8, 4) is 5.75 Å². The standard InChI is InChI=1S/C14H22O2Si/c1-6-13-8-7-9-14(10-13)16-12(2)11-15-17(3,4)5/h6-10,12H,1,11H2,2-5H3. The van der Waals surface area contributed by atoms with Gasteiger partial charge in [0.05, 0.1) is 6.61 Å². The Kier molecular flexibility index (Phi) is 4.96. The SMILES string of the molecule is C=Cc1cccc(OC(C)CO[Si](C)(C)C)c1. The zero-order valence-corrected chi connectivity index (χ0v) is 12.2. The van der Waals surface area contributed by atoms with Crippen LogP contribution in [0.1, 0.15) is 12.5 Å². The van der Waals surface area contributed by atoms with Gasteiger partial charge in [0, 0.05) is 0 Å². The summed E-state index contributed by atoms with van der Waals surface area (Å²) in [6.45, 7) is 13.0. The first kappa shape index (κ1) is 14.0. The normalized spacial score (nSPS) is 13.2. The summed E-state index contributed by atoms with van der Waals surface area (Å²) >= 11 is 0. The first-order chi connectivity index (χ1) is 7.90. The van der Waals surface area contributed by atoms with E-state index in [0.29, 0.717) is 6.61 Å². The summed E-state index contributed by atoms with van der Waals surface area (Å²) < 4.78 is 11.6. The Bertz CT molecular complexity index is 369. The van der Waals surface area contributed by atoms with Gasteiger partial charge in [0.2, 0.25) is 0 Å². The Morgan fingerprint density at radius 1 is 1.35 bits per heavy atom. The lowest BCUT2D eigenvalue weighted by molar-refractivity contribution is 0.139. The predicted octanol–water partition coefficient (Wildman–Crippen LogP) is 3.95. The van der Waals surface area contributed by atoms with Gasteiger partial charge in [-0.05, 0) is 44.3 Å². The van der Waals surface area contributed by atoms with Crippen LogP contribution < -0.4 is 4.74 Å². The number of rotatable bonds is 6. The van der Waals surface area contributed by atoms with Gasteiger partial charge in [-0.3, -0.25) is 0 Å². The molecule has 0 spiro atoms. The van der Waals surface area contributed by atoms with Crippen molar-refractivity contribution in [3.05, 3.63) is 36.4 Å². The molecule has 3 heteroatoms. The van der Waals surface area contributed by atoms with Gasteiger partial charge in [-0.2, -0.15) is 0 Å². The lowest BCUT2D eigenvalue weighted by Gasteiger charge is -2.21. The van der Waals surface area contributed by atoms with Crippen LogP contribution in [0.3, 0.4) is 0 Å². The molecule has 0 saturated carbocycles. The average Bonchev–Trinajstić information content (AvgIpc) is 2.26. The lowest BCUT2D eigenvalue weighted by Crippen LogP contribution is -2.31. The van der Waals surface area contributed by atoms with Crippen molar-refractivity contribution < 1.29 is 9.16 Å². The highest BCUT2D eigenvalue weighted by atomic mass is 28.4. The van der Waals surface area contributed by atoms with E-state index in [2.05, 4.69) is 26.2 Å². The van der Waals surface area contributed by atoms with Crippen molar-refractivity contribution in [3.63, 3.8) is 0 Å². The smallest absolute Gasteiger partial charge is 0.183 e. The predicted molar refractivity (Wildman–Crippen MR) is 75.9 cm³/mol. The molecule has 0 radical (unpaired) electrons. The van der Waals surface area contributed by atoms with Crippen molar-refractivity contribution in [2.24, 2.45) is 0 Å². The fourth-order valence-electron chi connectivity index (χ4n) is 1.35. The molecule has 0 aliphatic rings. The van der Waals surface area contributed by atoms with E-state index in [1.165, 1.54) is 0 Å². The number of hydrogen-bond acceptors (Lipinski definition) is 2. The topological polar surface area (TPSA) is 18.5 Å². The zero-order chi connectivity index (χ0) is 12.9. The molecule has 0 amide bonds. The van der Waals surface area contributed by atoms with Gasteiger partial charge in [-0.1, -0.05) is 24.8 Å². The maximum absolute atomic E-state index is 5.81. The summed E-state index contributed by atoms with van der Waals surface area (Å²) in [5, 5.41) is 0. The molecule has 0 bridgehead atoms. The summed E-state index contributed by atoms with van der Waals surface area (Å²) in [6.07, 6.45) is 1.89. The molecule has 0 saturated heterocycles. The van der Waals surface area contributed by atoms with Gasteiger partial charge in [-0.15, -0.1) is 0 Å². The van der Waals surface area contributed by atoms with Gasteiger partial charge in [0.1, 0.15) is 11.9 Å². The van der Waals surface area contributed by atoms with Gasteiger partial charge in [0.15, 0.2) is 8.32 Å². The van der Waals surface area contributed by atoms with Gasteiger partial charge >= 0.3 is 0 Å². The summed E-state index contributed by atoms with van der Waals surface area (Å²) in [5.41, 5.74) is 1.07. The van der Waals surface area contributed by atoms with Crippen molar-refractivity contribution in [1.29, 1.82) is 0 Å². The second-order valence-corrected chi connectivity index (χ2v) is 9.64. The van der Waals surface area contributed by atoms with Crippen LogP contribution in [0.15, 0.2) is 30.8 Å². The Morgan fingerprint density at radius 3 is 2.65 bits per heavy atom. The van der Waals surface area contributed by atoms with Crippen LogP contribution in [0.2, 0.25) is 19.6 Å².